The fourth-order valence-corrected chi connectivity index (χ4v) is 2.52. The summed E-state index contributed by atoms with van der Waals surface area (Å²) in [5.41, 5.74) is 4.31. The maximum atomic E-state index is 11.1. The lowest BCUT2D eigenvalue weighted by molar-refractivity contribution is 0.112. The zero-order valence-corrected chi connectivity index (χ0v) is 10.8. The molecule has 94 valence electrons. The van der Waals surface area contributed by atoms with Crippen LogP contribution in [-0.4, -0.2) is 10.9 Å². The molecule has 0 atom stereocenters. The number of aldehydes is 1. The number of aryl methyl sites for hydroxylation is 1. The predicted octanol–water partition coefficient (Wildman–Crippen LogP) is 3.81. The van der Waals surface area contributed by atoms with Crippen LogP contribution in [0.15, 0.2) is 54.6 Å². The number of benzene rings is 2. The summed E-state index contributed by atoms with van der Waals surface area (Å²) in [5.74, 6) is 0. The Morgan fingerprint density at radius 2 is 1.84 bits per heavy atom. The zero-order valence-electron chi connectivity index (χ0n) is 10.8. The Morgan fingerprint density at radius 1 is 1.05 bits per heavy atom. The summed E-state index contributed by atoms with van der Waals surface area (Å²) >= 11 is 0. The first kappa shape index (κ1) is 11.7. The van der Waals surface area contributed by atoms with Gasteiger partial charge in [0, 0.05) is 28.7 Å². The second-order valence-electron chi connectivity index (χ2n) is 4.76. The van der Waals surface area contributed by atoms with Gasteiger partial charge in [0.25, 0.3) is 0 Å². The number of nitrogens with zero attached hydrogens (tertiary/aromatic N) is 1. The fourth-order valence-electron chi connectivity index (χ4n) is 2.52. The standard InChI is InChI=1S/C17H15NO/c1-13-10-16-15(12-19)8-5-9-17(16)18(13)11-14-6-3-2-4-7-14/h2-10,12H,11H2,1H3. The van der Waals surface area contributed by atoms with Crippen LogP contribution in [0, 0.1) is 6.92 Å². The van der Waals surface area contributed by atoms with E-state index in [0.717, 1.165) is 29.3 Å². The Morgan fingerprint density at radius 3 is 2.58 bits per heavy atom. The number of carbonyl (C=O) groups is 1. The van der Waals surface area contributed by atoms with Gasteiger partial charge in [0.2, 0.25) is 0 Å². The SMILES string of the molecule is Cc1cc2c(C=O)cccc2n1Cc1ccccc1. The molecule has 0 saturated heterocycles. The topological polar surface area (TPSA) is 22.0 Å². The summed E-state index contributed by atoms with van der Waals surface area (Å²) in [6.45, 7) is 2.91. The van der Waals surface area contributed by atoms with Gasteiger partial charge in [0.05, 0.1) is 0 Å². The van der Waals surface area contributed by atoms with Crippen molar-refractivity contribution in [2.75, 3.05) is 0 Å². The van der Waals surface area contributed by atoms with E-state index in [1.807, 2.05) is 30.3 Å². The summed E-state index contributed by atoms with van der Waals surface area (Å²) in [7, 11) is 0. The molecule has 1 aromatic heterocycles. The van der Waals surface area contributed by atoms with Crippen molar-refractivity contribution in [2.24, 2.45) is 0 Å². The van der Waals surface area contributed by atoms with Crippen LogP contribution in [0.2, 0.25) is 0 Å². The Bertz CT molecular complexity index is 726. The molecule has 3 aromatic rings. The zero-order chi connectivity index (χ0) is 13.2. The van der Waals surface area contributed by atoms with Gasteiger partial charge in [-0.05, 0) is 24.6 Å². The van der Waals surface area contributed by atoms with Crippen LogP contribution in [0.5, 0.6) is 0 Å². The highest BCUT2D eigenvalue weighted by Crippen LogP contribution is 2.23. The number of hydrogen-bond donors (Lipinski definition) is 0. The van der Waals surface area contributed by atoms with Crippen LogP contribution in [0.3, 0.4) is 0 Å². The summed E-state index contributed by atoms with van der Waals surface area (Å²) in [6.07, 6.45) is 0.925. The summed E-state index contributed by atoms with van der Waals surface area (Å²) < 4.78 is 2.25. The van der Waals surface area contributed by atoms with Crippen LogP contribution >= 0.6 is 0 Å². The van der Waals surface area contributed by atoms with E-state index in [1.165, 1.54) is 11.3 Å². The monoisotopic (exact) mass is 249 g/mol. The fraction of sp³-hybridized carbons (Fsp3) is 0.118. The number of aromatic nitrogens is 1. The van der Waals surface area contributed by atoms with Gasteiger partial charge in [0.15, 0.2) is 6.29 Å². The Hall–Kier alpha value is -2.35. The van der Waals surface area contributed by atoms with Crippen molar-refractivity contribution in [1.82, 2.24) is 4.57 Å². The third kappa shape index (κ3) is 2.06. The van der Waals surface area contributed by atoms with Gasteiger partial charge in [-0.2, -0.15) is 0 Å². The minimum Gasteiger partial charge on any atom is -0.340 e. The van der Waals surface area contributed by atoms with Crippen molar-refractivity contribution in [1.29, 1.82) is 0 Å². The molecule has 0 bridgehead atoms. The minimum atomic E-state index is 0.757. The molecule has 0 unspecified atom stereocenters. The lowest BCUT2D eigenvalue weighted by atomic mass is 10.1. The average Bonchev–Trinajstić information content (AvgIpc) is 2.76. The average molecular weight is 249 g/mol. The minimum absolute atomic E-state index is 0.757. The predicted molar refractivity (Wildman–Crippen MR) is 77.6 cm³/mol. The van der Waals surface area contributed by atoms with E-state index in [-0.39, 0.29) is 0 Å². The van der Waals surface area contributed by atoms with E-state index in [1.54, 1.807) is 0 Å². The van der Waals surface area contributed by atoms with E-state index in [9.17, 15) is 4.79 Å². The van der Waals surface area contributed by atoms with Crippen molar-refractivity contribution >= 4 is 17.2 Å². The van der Waals surface area contributed by atoms with Gasteiger partial charge in [-0.25, -0.2) is 0 Å². The maximum Gasteiger partial charge on any atom is 0.150 e. The van der Waals surface area contributed by atoms with Crippen molar-refractivity contribution < 1.29 is 4.79 Å². The van der Waals surface area contributed by atoms with Crippen LogP contribution in [0.4, 0.5) is 0 Å². The molecule has 0 fully saturated rings. The quantitative estimate of drug-likeness (QED) is 0.647. The third-order valence-electron chi connectivity index (χ3n) is 3.50. The number of carbonyl (C=O) groups excluding carboxylic acids is 1. The smallest absolute Gasteiger partial charge is 0.150 e. The molecule has 19 heavy (non-hydrogen) atoms. The molecule has 3 rings (SSSR count). The largest absolute Gasteiger partial charge is 0.340 e. The van der Waals surface area contributed by atoms with Crippen LogP contribution in [0.1, 0.15) is 21.6 Å². The highest BCUT2D eigenvalue weighted by Gasteiger charge is 2.08. The lowest BCUT2D eigenvalue weighted by Crippen LogP contribution is -2.01. The highest BCUT2D eigenvalue weighted by atomic mass is 16.1. The Kier molecular flexibility index (Phi) is 2.92. The Labute approximate surface area is 112 Å². The Balaban J connectivity index is 2.14. The lowest BCUT2D eigenvalue weighted by Gasteiger charge is -2.08. The first-order chi connectivity index (χ1) is 9.29. The molecule has 0 aliphatic heterocycles. The van der Waals surface area contributed by atoms with Gasteiger partial charge in [-0.15, -0.1) is 0 Å². The van der Waals surface area contributed by atoms with Crippen molar-refractivity contribution in [3.05, 3.63) is 71.4 Å². The molecular formula is C17H15NO. The second kappa shape index (κ2) is 4.73. The van der Waals surface area contributed by atoms with Crippen LogP contribution < -0.4 is 0 Å². The van der Waals surface area contributed by atoms with E-state index in [2.05, 4.69) is 35.8 Å². The van der Waals surface area contributed by atoms with Crippen LogP contribution in [0.25, 0.3) is 10.9 Å². The number of rotatable bonds is 3. The van der Waals surface area contributed by atoms with Gasteiger partial charge < -0.3 is 4.57 Å². The van der Waals surface area contributed by atoms with Crippen molar-refractivity contribution in [2.45, 2.75) is 13.5 Å². The van der Waals surface area contributed by atoms with E-state index in [0.29, 0.717) is 0 Å². The van der Waals surface area contributed by atoms with E-state index >= 15 is 0 Å². The summed E-state index contributed by atoms with van der Waals surface area (Å²) in [4.78, 5) is 11.1. The first-order valence-electron chi connectivity index (χ1n) is 6.37. The third-order valence-corrected chi connectivity index (χ3v) is 3.50. The van der Waals surface area contributed by atoms with Crippen molar-refractivity contribution in [3.8, 4) is 0 Å². The van der Waals surface area contributed by atoms with Gasteiger partial charge in [0.1, 0.15) is 0 Å². The molecule has 0 aliphatic rings. The molecule has 2 heteroatoms. The molecule has 0 radical (unpaired) electrons. The molecule has 0 N–H and O–H groups in total. The van der Waals surface area contributed by atoms with Gasteiger partial charge in [-0.1, -0.05) is 42.5 Å². The van der Waals surface area contributed by atoms with E-state index < -0.39 is 0 Å². The van der Waals surface area contributed by atoms with Crippen LogP contribution in [-0.2, 0) is 6.54 Å². The molecule has 2 nitrogen and oxygen atoms in total. The molecule has 1 heterocycles. The highest BCUT2D eigenvalue weighted by molar-refractivity contribution is 5.97. The normalized spacial score (nSPS) is 10.8. The first-order valence-corrected chi connectivity index (χ1v) is 6.37. The number of fused-ring (bicyclic) bond motifs is 1. The maximum absolute atomic E-state index is 11.1. The molecular weight excluding hydrogens is 234 g/mol. The molecule has 2 aromatic carbocycles. The molecule has 0 amide bonds. The number of hydrogen-bond acceptors (Lipinski definition) is 1. The second-order valence-corrected chi connectivity index (χ2v) is 4.76. The molecule has 0 spiro atoms. The molecule has 0 saturated carbocycles. The summed E-state index contributed by atoms with van der Waals surface area (Å²) in [5, 5.41) is 1.03. The summed E-state index contributed by atoms with van der Waals surface area (Å²) in [6, 6.07) is 18.3. The van der Waals surface area contributed by atoms with Crippen molar-refractivity contribution in [3.63, 3.8) is 0 Å². The molecule has 0 aliphatic carbocycles. The van der Waals surface area contributed by atoms with Gasteiger partial charge >= 0.3 is 0 Å². The van der Waals surface area contributed by atoms with E-state index in [4.69, 9.17) is 0 Å². The van der Waals surface area contributed by atoms with Gasteiger partial charge in [-0.3, -0.25) is 4.79 Å².